The number of alkyl halides is 6. The second-order valence-corrected chi connectivity index (χ2v) is 7.55. The molecule has 13 heteroatoms. The molecule has 1 N–H and O–H groups in total. The predicted octanol–water partition coefficient (Wildman–Crippen LogP) is 2.95. The molecule has 150 valence electrons. The minimum atomic E-state index is -5.06. The van der Waals surface area contributed by atoms with E-state index in [9.17, 15) is 34.8 Å². The third kappa shape index (κ3) is 4.45. The fourth-order valence-corrected chi connectivity index (χ4v) is 3.09. The van der Waals surface area contributed by atoms with Crippen LogP contribution < -0.4 is 4.90 Å². The van der Waals surface area contributed by atoms with E-state index in [4.69, 9.17) is 9.81 Å². The zero-order chi connectivity index (χ0) is 20.8. The van der Waals surface area contributed by atoms with Gasteiger partial charge >= 0.3 is 12.4 Å². The van der Waals surface area contributed by atoms with Crippen LogP contribution in [-0.4, -0.2) is 43.3 Å². The molecule has 0 spiro atoms. The lowest BCUT2D eigenvalue weighted by Gasteiger charge is -2.27. The molecule has 1 fully saturated rings. The Hall–Kier alpha value is -2.04. The van der Waals surface area contributed by atoms with Gasteiger partial charge < -0.3 is 9.64 Å². The van der Waals surface area contributed by atoms with E-state index in [2.05, 4.69) is 4.74 Å². The number of hydrogen-bond acceptors (Lipinski definition) is 5. The molecule has 0 aliphatic carbocycles. The molecule has 1 aliphatic heterocycles. The van der Waals surface area contributed by atoms with E-state index >= 15 is 0 Å². The van der Waals surface area contributed by atoms with Crippen molar-refractivity contribution in [3.63, 3.8) is 0 Å². The summed E-state index contributed by atoms with van der Waals surface area (Å²) in [6.45, 7) is 0.172. The summed E-state index contributed by atoms with van der Waals surface area (Å²) < 4.78 is 115. The van der Waals surface area contributed by atoms with Crippen LogP contribution in [0.25, 0.3) is 0 Å². The summed E-state index contributed by atoms with van der Waals surface area (Å²) in [7, 11) is -4.74. The molecule has 1 unspecified atom stereocenters. The monoisotopic (exact) mass is 418 g/mol. The number of nitrogens with zero attached hydrogens (tertiary/aromatic N) is 2. The highest BCUT2D eigenvalue weighted by Crippen LogP contribution is 2.39. The van der Waals surface area contributed by atoms with Gasteiger partial charge in [0.15, 0.2) is 0 Å². The van der Waals surface area contributed by atoms with E-state index in [1.165, 1.54) is 6.07 Å². The number of anilines is 1. The summed E-state index contributed by atoms with van der Waals surface area (Å²) in [4.78, 5) is 0.405. The topological polar surface area (TPSA) is 90.6 Å². The minimum absolute atomic E-state index is 0.362. The van der Waals surface area contributed by atoms with Crippen LogP contribution in [0.15, 0.2) is 18.2 Å². The van der Waals surface area contributed by atoms with Crippen molar-refractivity contribution in [1.29, 1.82) is 5.26 Å². The lowest BCUT2D eigenvalue weighted by Crippen LogP contribution is -2.42. The SMILES string of the molecule is CC([C@@H]1CN(c2ccc(C#N)c(C(F)(F)F)c2)[C@@H](C(F)(F)F)O1)S(=O)(=O)O. The molecular weight excluding hydrogens is 406 g/mol. The van der Waals surface area contributed by atoms with E-state index in [-0.39, 0.29) is 0 Å². The van der Waals surface area contributed by atoms with Crippen molar-refractivity contribution >= 4 is 15.8 Å². The molecule has 0 aromatic heterocycles. The van der Waals surface area contributed by atoms with Gasteiger partial charge in [-0.1, -0.05) is 0 Å². The second-order valence-electron chi connectivity index (χ2n) is 5.78. The Morgan fingerprint density at radius 1 is 1.30 bits per heavy atom. The van der Waals surface area contributed by atoms with Crippen molar-refractivity contribution in [3.8, 4) is 6.07 Å². The van der Waals surface area contributed by atoms with Gasteiger partial charge in [0, 0.05) is 12.2 Å². The maximum atomic E-state index is 13.3. The molecule has 3 atom stereocenters. The van der Waals surface area contributed by atoms with Gasteiger partial charge in [-0.3, -0.25) is 4.55 Å². The fourth-order valence-electron chi connectivity index (χ4n) is 2.56. The fraction of sp³-hybridized carbons (Fsp3) is 0.500. The van der Waals surface area contributed by atoms with Gasteiger partial charge in [0.2, 0.25) is 6.23 Å². The molecule has 2 rings (SSSR count). The summed E-state index contributed by atoms with van der Waals surface area (Å²) in [5.74, 6) is 0. The van der Waals surface area contributed by atoms with E-state index in [0.717, 1.165) is 13.0 Å². The molecule has 1 saturated heterocycles. The first-order valence-electron chi connectivity index (χ1n) is 7.22. The Morgan fingerprint density at radius 2 is 1.89 bits per heavy atom. The molecule has 27 heavy (non-hydrogen) atoms. The highest BCUT2D eigenvalue weighted by molar-refractivity contribution is 7.86. The Balaban J connectivity index is 2.50. The summed E-state index contributed by atoms with van der Waals surface area (Å²) >= 11 is 0. The van der Waals surface area contributed by atoms with Crippen LogP contribution in [0.5, 0.6) is 0 Å². The van der Waals surface area contributed by atoms with Crippen LogP contribution in [0.4, 0.5) is 32.0 Å². The largest absolute Gasteiger partial charge is 0.433 e. The summed E-state index contributed by atoms with van der Waals surface area (Å²) in [5, 5.41) is 7.02. The summed E-state index contributed by atoms with van der Waals surface area (Å²) in [6, 6.07) is 3.25. The Kier molecular flexibility index (Phi) is 5.39. The molecule has 1 aromatic rings. The number of benzene rings is 1. The molecule has 1 aromatic carbocycles. The van der Waals surface area contributed by atoms with E-state index in [0.29, 0.717) is 17.0 Å². The number of halogens is 6. The minimum Gasteiger partial charge on any atom is -0.343 e. The molecule has 0 amide bonds. The lowest BCUT2D eigenvalue weighted by molar-refractivity contribution is -0.213. The van der Waals surface area contributed by atoms with Crippen molar-refractivity contribution in [2.24, 2.45) is 0 Å². The van der Waals surface area contributed by atoms with Crippen molar-refractivity contribution in [2.75, 3.05) is 11.4 Å². The molecule has 1 aliphatic rings. The predicted molar refractivity (Wildman–Crippen MR) is 79.2 cm³/mol. The van der Waals surface area contributed by atoms with Crippen molar-refractivity contribution in [1.82, 2.24) is 0 Å². The molecular formula is C14H12F6N2O4S. The normalized spacial score (nSPS) is 22.6. The Labute approximate surface area is 149 Å². The van der Waals surface area contributed by atoms with Crippen LogP contribution in [0.1, 0.15) is 18.1 Å². The van der Waals surface area contributed by atoms with Crippen LogP contribution in [0.3, 0.4) is 0 Å². The van der Waals surface area contributed by atoms with Crippen LogP contribution >= 0.6 is 0 Å². The molecule has 0 bridgehead atoms. The highest BCUT2D eigenvalue weighted by atomic mass is 32.2. The van der Waals surface area contributed by atoms with Crippen LogP contribution in [0, 0.1) is 11.3 Å². The van der Waals surface area contributed by atoms with E-state index in [1.54, 1.807) is 0 Å². The smallest absolute Gasteiger partial charge is 0.343 e. The van der Waals surface area contributed by atoms with E-state index in [1.807, 2.05) is 0 Å². The van der Waals surface area contributed by atoms with Crippen LogP contribution in [0.2, 0.25) is 0 Å². The standard InChI is InChI=1S/C14H12F6N2O4S/c1-7(27(23,24)25)11-6-22(12(26-11)14(18,19)20)9-3-2-8(5-21)10(4-9)13(15,16)17/h2-4,7,11-12H,6H2,1H3,(H,23,24,25)/t7?,11-,12+/m0/s1. The number of nitriles is 1. The summed E-state index contributed by atoms with van der Waals surface area (Å²) in [6.07, 6.45) is -14.4. The van der Waals surface area contributed by atoms with Crippen molar-refractivity contribution in [2.45, 2.75) is 36.9 Å². The first-order valence-corrected chi connectivity index (χ1v) is 8.73. The zero-order valence-electron chi connectivity index (χ0n) is 13.4. The van der Waals surface area contributed by atoms with Crippen molar-refractivity contribution in [3.05, 3.63) is 29.3 Å². The van der Waals surface area contributed by atoms with Crippen LogP contribution in [-0.2, 0) is 21.0 Å². The maximum absolute atomic E-state index is 13.3. The first-order chi connectivity index (χ1) is 12.2. The van der Waals surface area contributed by atoms with Gasteiger partial charge in [-0.05, 0) is 25.1 Å². The third-order valence-electron chi connectivity index (χ3n) is 4.00. The van der Waals surface area contributed by atoms with E-state index < -0.39 is 63.4 Å². The quantitative estimate of drug-likeness (QED) is 0.600. The van der Waals surface area contributed by atoms with Crippen molar-refractivity contribution < 1.29 is 44.0 Å². The maximum Gasteiger partial charge on any atom is 0.433 e. The molecule has 6 nitrogen and oxygen atoms in total. The molecule has 0 saturated carbocycles. The van der Waals surface area contributed by atoms with Gasteiger partial charge in [-0.15, -0.1) is 0 Å². The highest BCUT2D eigenvalue weighted by Gasteiger charge is 2.53. The summed E-state index contributed by atoms with van der Waals surface area (Å²) in [5.41, 5.74) is -2.78. The average molecular weight is 418 g/mol. The first kappa shape index (κ1) is 21.3. The molecule has 0 radical (unpaired) electrons. The van der Waals surface area contributed by atoms with Gasteiger partial charge in [-0.2, -0.15) is 40.0 Å². The van der Waals surface area contributed by atoms with Gasteiger partial charge in [0.1, 0.15) is 5.25 Å². The Bertz CT molecular complexity index is 862. The van der Waals surface area contributed by atoms with Gasteiger partial charge in [0.25, 0.3) is 10.1 Å². The molecule has 1 heterocycles. The van der Waals surface area contributed by atoms with Gasteiger partial charge in [0.05, 0.1) is 23.3 Å². The Morgan fingerprint density at radius 3 is 2.33 bits per heavy atom. The number of ether oxygens (including phenoxy) is 1. The van der Waals surface area contributed by atoms with Gasteiger partial charge in [-0.25, -0.2) is 0 Å². The zero-order valence-corrected chi connectivity index (χ0v) is 14.2. The second kappa shape index (κ2) is 6.84. The number of rotatable bonds is 3. The number of hydrogen-bond donors (Lipinski definition) is 1. The average Bonchev–Trinajstić information content (AvgIpc) is 2.97. The third-order valence-corrected chi connectivity index (χ3v) is 5.24. The lowest BCUT2D eigenvalue weighted by atomic mass is 10.1.